The van der Waals surface area contributed by atoms with Gasteiger partial charge in [-0.05, 0) is 87.7 Å². The Bertz CT molecular complexity index is 1860. The standard InChI is InChI=1S/C43H50N4O6/c1-5-42-24-12-26-45(33-20-22-35(23-21-33)52-8-4)39(49)36(42)37-40(50)47(34(29-48)28-30-14-10-9-11-15-30)38-41(51)46(27-13-25-43(37,38)53-42)32-18-16-31(17-19-32)44(6-2)7-3/h9-25,34,36-38,48H,5-8,26-29H2,1-4H3/t34-,36+,37+,38?,42-,43+/m1/s1. The molecule has 6 atom stereocenters. The van der Waals surface area contributed by atoms with Crippen LogP contribution in [0.5, 0.6) is 5.75 Å². The van der Waals surface area contributed by atoms with Crippen molar-refractivity contribution in [1.29, 1.82) is 0 Å². The number of amides is 3. The summed E-state index contributed by atoms with van der Waals surface area (Å²) in [6.07, 6.45) is 8.39. The molecule has 2 saturated heterocycles. The van der Waals surface area contributed by atoms with Gasteiger partial charge in [0.25, 0.3) is 5.91 Å². The minimum absolute atomic E-state index is 0.241. The van der Waals surface area contributed by atoms with Gasteiger partial charge in [-0.25, -0.2) is 0 Å². The average molecular weight is 719 g/mol. The minimum Gasteiger partial charge on any atom is -0.494 e. The summed E-state index contributed by atoms with van der Waals surface area (Å²) in [6.45, 7) is 10.5. The van der Waals surface area contributed by atoms with E-state index in [-0.39, 0.29) is 30.9 Å². The highest BCUT2D eigenvalue weighted by atomic mass is 16.5. The molecule has 1 unspecified atom stereocenters. The van der Waals surface area contributed by atoms with Crippen molar-refractivity contribution in [2.75, 3.05) is 54.1 Å². The molecule has 3 aromatic rings. The van der Waals surface area contributed by atoms with Crippen LogP contribution in [0.4, 0.5) is 17.1 Å². The molecule has 10 heteroatoms. The molecule has 1 spiro atoms. The fourth-order valence-corrected chi connectivity index (χ4v) is 9.01. The van der Waals surface area contributed by atoms with E-state index < -0.39 is 35.1 Å². The number of nitrogens with zero attached hydrogens (tertiary/aromatic N) is 4. The van der Waals surface area contributed by atoms with Gasteiger partial charge in [-0.3, -0.25) is 14.4 Å². The van der Waals surface area contributed by atoms with E-state index in [1.807, 2.05) is 117 Å². The van der Waals surface area contributed by atoms with Crippen LogP contribution in [0.2, 0.25) is 0 Å². The summed E-state index contributed by atoms with van der Waals surface area (Å²) in [7, 11) is 0. The Morgan fingerprint density at radius 2 is 1.42 bits per heavy atom. The van der Waals surface area contributed by atoms with E-state index in [1.54, 1.807) is 14.7 Å². The van der Waals surface area contributed by atoms with Crippen LogP contribution in [0.1, 0.15) is 39.7 Å². The Morgan fingerprint density at radius 3 is 2.02 bits per heavy atom. The van der Waals surface area contributed by atoms with E-state index >= 15 is 14.4 Å². The lowest BCUT2D eigenvalue weighted by molar-refractivity contribution is -0.149. The minimum atomic E-state index is -1.46. The summed E-state index contributed by atoms with van der Waals surface area (Å²) in [5.74, 6) is -2.15. The molecule has 4 aliphatic rings. The third-order valence-electron chi connectivity index (χ3n) is 11.5. The van der Waals surface area contributed by atoms with Crippen molar-refractivity contribution >= 4 is 34.8 Å². The van der Waals surface area contributed by atoms with Gasteiger partial charge < -0.3 is 34.2 Å². The molecule has 0 bridgehead atoms. The fourth-order valence-electron chi connectivity index (χ4n) is 9.01. The van der Waals surface area contributed by atoms with Crippen molar-refractivity contribution in [1.82, 2.24) is 4.90 Å². The first-order valence-corrected chi connectivity index (χ1v) is 19.0. The van der Waals surface area contributed by atoms with Crippen molar-refractivity contribution in [2.24, 2.45) is 11.8 Å². The number of carbonyl (C=O) groups is 3. The van der Waals surface area contributed by atoms with Crippen LogP contribution in [0, 0.1) is 11.8 Å². The molecule has 4 aliphatic heterocycles. The molecule has 4 heterocycles. The zero-order chi connectivity index (χ0) is 37.3. The number of likely N-dealkylation sites (tertiary alicyclic amines) is 1. The van der Waals surface area contributed by atoms with Crippen molar-refractivity contribution < 1.29 is 29.0 Å². The van der Waals surface area contributed by atoms with Crippen LogP contribution < -0.4 is 19.4 Å². The molecule has 278 valence electrons. The number of hydrogen-bond acceptors (Lipinski definition) is 7. The lowest BCUT2D eigenvalue weighted by Crippen LogP contribution is -2.59. The number of aliphatic hydroxyl groups excluding tert-OH is 1. The van der Waals surface area contributed by atoms with E-state index in [1.165, 1.54) is 0 Å². The molecule has 0 aliphatic carbocycles. The first-order chi connectivity index (χ1) is 25.7. The van der Waals surface area contributed by atoms with Crippen LogP contribution in [0.15, 0.2) is 103 Å². The third-order valence-corrected chi connectivity index (χ3v) is 11.5. The highest BCUT2D eigenvalue weighted by Crippen LogP contribution is 2.59. The quantitative estimate of drug-likeness (QED) is 0.250. The van der Waals surface area contributed by atoms with Crippen LogP contribution in [-0.2, 0) is 25.5 Å². The van der Waals surface area contributed by atoms with Crippen molar-refractivity contribution in [3.05, 3.63) is 109 Å². The molecule has 7 rings (SSSR count). The highest BCUT2D eigenvalue weighted by molar-refractivity contribution is 6.08. The zero-order valence-corrected chi connectivity index (χ0v) is 31.1. The van der Waals surface area contributed by atoms with E-state index in [4.69, 9.17) is 9.47 Å². The van der Waals surface area contributed by atoms with Crippen LogP contribution in [-0.4, -0.2) is 90.4 Å². The lowest BCUT2D eigenvalue weighted by atomic mass is 9.73. The molecule has 2 fully saturated rings. The molecular formula is C43H50N4O6. The summed E-state index contributed by atoms with van der Waals surface area (Å²) in [4.78, 5) is 52.7. The van der Waals surface area contributed by atoms with Gasteiger partial charge in [-0.2, -0.15) is 0 Å². The van der Waals surface area contributed by atoms with Crippen molar-refractivity contribution in [3.63, 3.8) is 0 Å². The summed E-state index contributed by atoms with van der Waals surface area (Å²) in [6, 6.07) is 23.1. The predicted molar refractivity (Wildman–Crippen MR) is 206 cm³/mol. The Kier molecular flexibility index (Phi) is 10.2. The molecule has 3 amide bonds. The van der Waals surface area contributed by atoms with Crippen molar-refractivity contribution in [2.45, 2.75) is 63.8 Å². The number of ether oxygens (including phenoxy) is 2. The van der Waals surface area contributed by atoms with E-state index in [2.05, 4.69) is 18.7 Å². The topological polar surface area (TPSA) is 103 Å². The van der Waals surface area contributed by atoms with Crippen molar-refractivity contribution in [3.8, 4) is 5.75 Å². The Morgan fingerprint density at radius 1 is 0.792 bits per heavy atom. The second kappa shape index (κ2) is 14.8. The third kappa shape index (κ3) is 6.11. The van der Waals surface area contributed by atoms with Gasteiger partial charge in [0.2, 0.25) is 11.8 Å². The summed E-state index contributed by atoms with van der Waals surface area (Å²) in [5.41, 5.74) is 0.754. The second-order valence-corrected chi connectivity index (χ2v) is 14.2. The predicted octanol–water partition coefficient (Wildman–Crippen LogP) is 5.40. The number of aliphatic hydroxyl groups is 1. The number of fused-ring (bicyclic) bond motifs is 2. The fraction of sp³-hybridized carbons (Fsp3) is 0.419. The Hall–Kier alpha value is -4.93. The van der Waals surface area contributed by atoms with E-state index in [0.717, 1.165) is 24.3 Å². The molecule has 10 nitrogen and oxygen atoms in total. The summed E-state index contributed by atoms with van der Waals surface area (Å²) >= 11 is 0. The summed E-state index contributed by atoms with van der Waals surface area (Å²) in [5, 5.41) is 11.0. The highest BCUT2D eigenvalue weighted by Gasteiger charge is 2.76. The van der Waals surface area contributed by atoms with Gasteiger partial charge in [0.15, 0.2) is 0 Å². The largest absolute Gasteiger partial charge is 0.494 e. The van der Waals surface area contributed by atoms with E-state index in [9.17, 15) is 5.11 Å². The molecular weight excluding hydrogens is 668 g/mol. The number of hydrogen-bond donors (Lipinski definition) is 1. The van der Waals surface area contributed by atoms with Gasteiger partial charge in [0, 0.05) is 43.2 Å². The monoisotopic (exact) mass is 718 g/mol. The summed E-state index contributed by atoms with van der Waals surface area (Å²) < 4.78 is 12.9. The molecule has 0 saturated carbocycles. The Balaban J connectivity index is 1.33. The average Bonchev–Trinajstić information content (AvgIpc) is 3.48. The maximum atomic E-state index is 15.3. The number of anilines is 3. The van der Waals surface area contributed by atoms with Gasteiger partial charge in [-0.1, -0.05) is 61.6 Å². The van der Waals surface area contributed by atoms with Crippen LogP contribution in [0.3, 0.4) is 0 Å². The maximum absolute atomic E-state index is 15.3. The lowest BCUT2D eigenvalue weighted by Gasteiger charge is -2.41. The zero-order valence-electron chi connectivity index (χ0n) is 31.1. The maximum Gasteiger partial charge on any atom is 0.253 e. The van der Waals surface area contributed by atoms with E-state index in [0.29, 0.717) is 43.1 Å². The normalized spacial score (nSPS) is 26.9. The van der Waals surface area contributed by atoms with Crippen LogP contribution >= 0.6 is 0 Å². The first kappa shape index (κ1) is 36.4. The first-order valence-electron chi connectivity index (χ1n) is 19.0. The van der Waals surface area contributed by atoms with Crippen LogP contribution in [0.25, 0.3) is 0 Å². The number of benzene rings is 3. The SMILES string of the molecule is CCOc1ccc(N2CC=C[C@@]3(CC)O[C@]45C=CCN(c6ccc(N(CC)CC)cc6)C(=O)C4N([C@@H](CO)Cc4ccccc4)C(=O)[C@@H]5[C@H]3C2=O)cc1. The van der Waals surface area contributed by atoms with Gasteiger partial charge in [0.1, 0.15) is 17.4 Å². The van der Waals surface area contributed by atoms with Gasteiger partial charge in [-0.15, -0.1) is 0 Å². The Labute approximate surface area is 312 Å². The van der Waals surface area contributed by atoms with Gasteiger partial charge >= 0.3 is 0 Å². The molecule has 53 heavy (non-hydrogen) atoms. The smallest absolute Gasteiger partial charge is 0.253 e. The number of carbonyl (C=O) groups excluding carboxylic acids is 3. The molecule has 0 aromatic heterocycles. The number of rotatable bonds is 12. The molecule has 0 radical (unpaired) electrons. The molecule has 3 aromatic carbocycles. The molecule has 1 N–H and O–H groups in total. The van der Waals surface area contributed by atoms with Gasteiger partial charge in [0.05, 0.1) is 36.7 Å². The second-order valence-electron chi connectivity index (χ2n) is 14.2.